The minimum Gasteiger partial charge on any atom is -0.374 e. The molecule has 1 fully saturated rings. The minimum atomic E-state index is -0.628. The van der Waals surface area contributed by atoms with Crippen LogP contribution in [0.3, 0.4) is 0 Å². The third kappa shape index (κ3) is 5.07. The van der Waals surface area contributed by atoms with Gasteiger partial charge in [-0.2, -0.15) is 0 Å². The lowest BCUT2D eigenvalue weighted by Crippen LogP contribution is -2.43. The molecule has 1 saturated heterocycles. The van der Waals surface area contributed by atoms with Crippen molar-refractivity contribution in [3.63, 3.8) is 0 Å². The van der Waals surface area contributed by atoms with E-state index in [9.17, 15) is 9.59 Å². The number of hydrogen-bond acceptors (Lipinski definition) is 4. The average molecular weight is 421 g/mol. The molecule has 31 heavy (non-hydrogen) atoms. The molecule has 2 heterocycles. The molecule has 0 spiro atoms. The number of fused-ring (bicyclic) bond motifs is 1. The number of carbonyl (C=O) groups excluding carboxylic acids is 2. The lowest BCUT2D eigenvalue weighted by molar-refractivity contribution is -0.136. The van der Waals surface area contributed by atoms with Crippen LogP contribution in [0.15, 0.2) is 42.5 Å². The van der Waals surface area contributed by atoms with Gasteiger partial charge in [0.25, 0.3) is 0 Å². The van der Waals surface area contributed by atoms with Crippen molar-refractivity contribution in [3.05, 3.63) is 59.2 Å². The van der Waals surface area contributed by atoms with E-state index < -0.39 is 11.8 Å². The van der Waals surface area contributed by atoms with Gasteiger partial charge in [-0.05, 0) is 68.6 Å². The quantitative estimate of drug-likeness (QED) is 0.729. The Balaban J connectivity index is 1.44. The monoisotopic (exact) mass is 420 g/mol. The second-order valence-corrected chi connectivity index (χ2v) is 8.70. The van der Waals surface area contributed by atoms with Crippen molar-refractivity contribution in [2.75, 3.05) is 43.4 Å². The number of nitrogens with zero attached hydrogens (tertiary/aromatic N) is 2. The van der Waals surface area contributed by atoms with Crippen molar-refractivity contribution in [3.8, 4) is 0 Å². The van der Waals surface area contributed by atoms with Crippen LogP contribution in [-0.2, 0) is 16.0 Å². The zero-order chi connectivity index (χ0) is 21.8. The number of anilines is 2. The van der Waals surface area contributed by atoms with Crippen LogP contribution >= 0.6 is 0 Å². The summed E-state index contributed by atoms with van der Waals surface area (Å²) in [7, 11) is 2.13. The third-order valence-corrected chi connectivity index (χ3v) is 6.42. The van der Waals surface area contributed by atoms with Crippen LogP contribution in [0.5, 0.6) is 0 Å². The van der Waals surface area contributed by atoms with Crippen molar-refractivity contribution in [1.29, 1.82) is 0 Å². The summed E-state index contributed by atoms with van der Waals surface area (Å²) >= 11 is 0. The highest BCUT2D eigenvalue weighted by atomic mass is 16.2. The highest BCUT2D eigenvalue weighted by Crippen LogP contribution is 2.32. The van der Waals surface area contributed by atoms with Crippen LogP contribution in [0.4, 0.5) is 11.4 Å². The zero-order valence-corrected chi connectivity index (χ0v) is 18.5. The Morgan fingerprint density at radius 1 is 0.968 bits per heavy atom. The molecule has 2 aliphatic heterocycles. The number of carbonyl (C=O) groups is 2. The molecule has 6 nitrogen and oxygen atoms in total. The van der Waals surface area contributed by atoms with Crippen LogP contribution in [0, 0.1) is 6.92 Å². The predicted molar refractivity (Wildman–Crippen MR) is 124 cm³/mol. The summed E-state index contributed by atoms with van der Waals surface area (Å²) in [5.41, 5.74) is 5.61. The lowest BCUT2D eigenvalue weighted by atomic mass is 9.98. The number of benzene rings is 2. The molecule has 6 heteroatoms. The zero-order valence-electron chi connectivity index (χ0n) is 18.5. The Hall–Kier alpha value is -2.86. The summed E-state index contributed by atoms with van der Waals surface area (Å²) in [5.74, 6) is -1.22. The van der Waals surface area contributed by atoms with Gasteiger partial charge in [0.05, 0.1) is 6.04 Å². The summed E-state index contributed by atoms with van der Waals surface area (Å²) in [6.07, 6.45) is 4.65. The molecular formula is C25H32N4O2. The molecule has 2 aromatic carbocycles. The number of piperidine rings is 1. The molecule has 2 amide bonds. The summed E-state index contributed by atoms with van der Waals surface area (Å²) < 4.78 is 0. The fourth-order valence-corrected chi connectivity index (χ4v) is 4.58. The molecule has 0 aliphatic carbocycles. The maximum absolute atomic E-state index is 12.5. The van der Waals surface area contributed by atoms with E-state index in [4.69, 9.17) is 0 Å². The number of likely N-dealkylation sites (N-methyl/N-ethyl adjacent to an activating group) is 1. The molecule has 1 unspecified atom stereocenters. The third-order valence-electron chi connectivity index (χ3n) is 6.42. The SMILES string of the molecule is Cc1ccc(NC(=O)C(=O)NCC(c2ccc3c(c2)CCN3C)N2CCCCC2)cc1. The average Bonchev–Trinajstić information content (AvgIpc) is 3.16. The maximum atomic E-state index is 12.5. The molecule has 0 bridgehead atoms. The predicted octanol–water partition coefficient (Wildman–Crippen LogP) is 3.27. The van der Waals surface area contributed by atoms with E-state index in [-0.39, 0.29) is 6.04 Å². The summed E-state index contributed by atoms with van der Waals surface area (Å²) in [6, 6.07) is 14.2. The van der Waals surface area contributed by atoms with Gasteiger partial charge < -0.3 is 15.5 Å². The first-order valence-corrected chi connectivity index (χ1v) is 11.2. The van der Waals surface area contributed by atoms with Crippen molar-refractivity contribution in [1.82, 2.24) is 10.2 Å². The van der Waals surface area contributed by atoms with Gasteiger partial charge in [-0.1, -0.05) is 36.2 Å². The number of nitrogens with one attached hydrogen (secondary N) is 2. The lowest BCUT2D eigenvalue weighted by Gasteiger charge is -2.35. The summed E-state index contributed by atoms with van der Waals surface area (Å²) in [4.78, 5) is 29.6. The highest BCUT2D eigenvalue weighted by molar-refractivity contribution is 6.39. The Labute approximate surface area is 184 Å². The van der Waals surface area contributed by atoms with Crippen LogP contribution < -0.4 is 15.5 Å². The first-order valence-electron chi connectivity index (χ1n) is 11.2. The largest absolute Gasteiger partial charge is 0.374 e. The molecule has 2 aliphatic rings. The molecule has 2 N–H and O–H groups in total. The van der Waals surface area contributed by atoms with Gasteiger partial charge in [-0.3, -0.25) is 14.5 Å². The molecule has 164 valence electrons. The van der Waals surface area contributed by atoms with Gasteiger partial charge in [-0.15, -0.1) is 0 Å². The normalized spacial score (nSPS) is 17.2. The number of aryl methyl sites for hydroxylation is 1. The highest BCUT2D eigenvalue weighted by Gasteiger charge is 2.26. The molecule has 2 aromatic rings. The van der Waals surface area contributed by atoms with Gasteiger partial charge in [0.15, 0.2) is 0 Å². The van der Waals surface area contributed by atoms with E-state index in [0.29, 0.717) is 12.2 Å². The first kappa shape index (κ1) is 21.4. The standard InChI is InChI=1S/C25H32N4O2/c1-18-6-9-21(10-7-18)27-25(31)24(30)26-17-23(29-13-4-3-5-14-29)19-8-11-22-20(16-19)12-15-28(22)2/h6-11,16,23H,3-5,12-15,17H2,1-2H3,(H,26,30)(H,27,31). The molecule has 1 atom stereocenters. The molecule has 0 saturated carbocycles. The van der Waals surface area contributed by atoms with E-state index in [2.05, 4.69) is 45.7 Å². The number of likely N-dealkylation sites (tertiary alicyclic amines) is 1. The Morgan fingerprint density at radius 2 is 1.71 bits per heavy atom. The number of hydrogen-bond donors (Lipinski definition) is 2. The van der Waals surface area contributed by atoms with Crippen molar-refractivity contribution >= 4 is 23.2 Å². The summed E-state index contributed by atoms with van der Waals surface area (Å²) in [5, 5.41) is 5.56. The van der Waals surface area contributed by atoms with Crippen LogP contribution in [0.2, 0.25) is 0 Å². The second kappa shape index (κ2) is 9.52. The topological polar surface area (TPSA) is 64.7 Å². The molecule has 0 radical (unpaired) electrons. The van der Waals surface area contributed by atoms with E-state index >= 15 is 0 Å². The second-order valence-electron chi connectivity index (χ2n) is 8.70. The van der Waals surface area contributed by atoms with Gasteiger partial charge in [-0.25, -0.2) is 0 Å². The van der Waals surface area contributed by atoms with E-state index in [1.807, 2.05) is 19.1 Å². The van der Waals surface area contributed by atoms with Crippen LogP contribution in [0.1, 0.15) is 42.0 Å². The summed E-state index contributed by atoms with van der Waals surface area (Å²) in [6.45, 7) is 5.49. The maximum Gasteiger partial charge on any atom is 0.313 e. The van der Waals surface area contributed by atoms with E-state index in [1.165, 1.54) is 36.1 Å². The van der Waals surface area contributed by atoms with Gasteiger partial charge in [0, 0.05) is 31.5 Å². The first-order chi connectivity index (χ1) is 15.0. The van der Waals surface area contributed by atoms with E-state index in [1.54, 1.807) is 12.1 Å². The minimum absolute atomic E-state index is 0.0765. The Morgan fingerprint density at radius 3 is 2.45 bits per heavy atom. The van der Waals surface area contributed by atoms with E-state index in [0.717, 1.165) is 31.6 Å². The van der Waals surface area contributed by atoms with Crippen LogP contribution in [0.25, 0.3) is 0 Å². The van der Waals surface area contributed by atoms with Gasteiger partial charge >= 0.3 is 11.8 Å². The molecule has 0 aromatic heterocycles. The number of amides is 2. The smallest absolute Gasteiger partial charge is 0.313 e. The molecular weight excluding hydrogens is 388 g/mol. The Bertz CT molecular complexity index is 935. The molecule has 4 rings (SSSR count). The van der Waals surface area contributed by atoms with Crippen molar-refractivity contribution in [2.45, 2.75) is 38.6 Å². The van der Waals surface area contributed by atoms with Crippen molar-refractivity contribution < 1.29 is 9.59 Å². The van der Waals surface area contributed by atoms with Crippen LogP contribution in [-0.4, -0.2) is 49.9 Å². The number of rotatable bonds is 5. The fourth-order valence-electron chi connectivity index (χ4n) is 4.58. The van der Waals surface area contributed by atoms with Gasteiger partial charge in [0.2, 0.25) is 0 Å². The Kier molecular flexibility index (Phi) is 6.56. The van der Waals surface area contributed by atoms with Crippen molar-refractivity contribution in [2.24, 2.45) is 0 Å². The van der Waals surface area contributed by atoms with Gasteiger partial charge in [0.1, 0.15) is 0 Å². The fraction of sp³-hybridized carbons (Fsp3) is 0.440.